The van der Waals surface area contributed by atoms with Crippen LogP contribution in [0.1, 0.15) is 41.8 Å². The molecule has 0 aliphatic heterocycles. The molecule has 0 heterocycles. The second-order valence-electron chi connectivity index (χ2n) is 4.97. The van der Waals surface area contributed by atoms with Gasteiger partial charge < -0.3 is 4.74 Å². The van der Waals surface area contributed by atoms with E-state index in [-0.39, 0.29) is 24.7 Å². The standard InChI is InChI=1S/C18H17FO3/c1-13(14-5-3-2-4-6-14)22-18(21)12-11-17(20)15-7-9-16(19)10-8-15/h2-10,13H,11-12H2,1H3. The summed E-state index contributed by atoms with van der Waals surface area (Å²) in [4.78, 5) is 23.7. The molecule has 0 radical (unpaired) electrons. The molecule has 2 aromatic rings. The van der Waals surface area contributed by atoms with Crippen LogP contribution in [0, 0.1) is 5.82 Å². The molecular weight excluding hydrogens is 283 g/mol. The molecule has 1 atom stereocenters. The van der Waals surface area contributed by atoms with Gasteiger partial charge in [-0.3, -0.25) is 9.59 Å². The first kappa shape index (κ1) is 15.9. The third-order valence-electron chi connectivity index (χ3n) is 3.30. The minimum absolute atomic E-state index is 0.00732. The van der Waals surface area contributed by atoms with E-state index in [2.05, 4.69) is 0 Å². The zero-order chi connectivity index (χ0) is 15.9. The van der Waals surface area contributed by atoms with E-state index in [1.807, 2.05) is 30.3 Å². The number of hydrogen-bond acceptors (Lipinski definition) is 3. The summed E-state index contributed by atoms with van der Waals surface area (Å²) in [6.45, 7) is 1.79. The number of hydrogen-bond donors (Lipinski definition) is 0. The number of carbonyl (C=O) groups is 2. The number of ketones is 1. The fraction of sp³-hybridized carbons (Fsp3) is 0.222. The maximum absolute atomic E-state index is 12.8. The topological polar surface area (TPSA) is 43.4 Å². The van der Waals surface area contributed by atoms with Crippen LogP contribution in [0.15, 0.2) is 54.6 Å². The van der Waals surface area contributed by atoms with Gasteiger partial charge in [0.2, 0.25) is 0 Å². The molecule has 4 heteroatoms. The molecule has 3 nitrogen and oxygen atoms in total. The minimum Gasteiger partial charge on any atom is -0.458 e. The highest BCUT2D eigenvalue weighted by atomic mass is 19.1. The number of benzene rings is 2. The van der Waals surface area contributed by atoms with E-state index in [0.29, 0.717) is 5.56 Å². The van der Waals surface area contributed by atoms with Crippen molar-refractivity contribution >= 4 is 11.8 Å². The van der Waals surface area contributed by atoms with Crippen molar-refractivity contribution in [1.82, 2.24) is 0 Å². The van der Waals surface area contributed by atoms with Crippen LogP contribution >= 0.6 is 0 Å². The molecule has 2 aromatic carbocycles. The summed E-state index contributed by atoms with van der Waals surface area (Å²) in [6, 6.07) is 14.7. The summed E-state index contributed by atoms with van der Waals surface area (Å²) in [5.74, 6) is -1.02. The lowest BCUT2D eigenvalue weighted by atomic mass is 10.1. The molecular formula is C18H17FO3. The average molecular weight is 300 g/mol. The molecule has 2 rings (SSSR count). The van der Waals surface area contributed by atoms with Crippen LogP contribution in [0.3, 0.4) is 0 Å². The number of ether oxygens (including phenoxy) is 1. The van der Waals surface area contributed by atoms with Gasteiger partial charge >= 0.3 is 5.97 Å². The van der Waals surface area contributed by atoms with Crippen molar-refractivity contribution in [3.05, 3.63) is 71.5 Å². The SMILES string of the molecule is CC(OC(=O)CCC(=O)c1ccc(F)cc1)c1ccccc1. The molecule has 0 saturated carbocycles. The Morgan fingerprint density at radius 2 is 1.64 bits per heavy atom. The van der Waals surface area contributed by atoms with Gasteiger partial charge in [0.1, 0.15) is 11.9 Å². The molecule has 114 valence electrons. The normalized spacial score (nSPS) is 11.7. The Morgan fingerprint density at radius 1 is 1.00 bits per heavy atom. The van der Waals surface area contributed by atoms with E-state index in [9.17, 15) is 14.0 Å². The second kappa shape index (κ2) is 7.50. The van der Waals surface area contributed by atoms with Gasteiger partial charge in [0.05, 0.1) is 6.42 Å². The lowest BCUT2D eigenvalue weighted by Gasteiger charge is -2.13. The monoisotopic (exact) mass is 300 g/mol. The quantitative estimate of drug-likeness (QED) is 0.596. The first-order valence-corrected chi connectivity index (χ1v) is 7.09. The predicted octanol–water partition coefficient (Wildman–Crippen LogP) is 4.09. The summed E-state index contributed by atoms with van der Waals surface area (Å²) in [7, 11) is 0. The highest BCUT2D eigenvalue weighted by molar-refractivity contribution is 5.97. The summed E-state index contributed by atoms with van der Waals surface area (Å²) >= 11 is 0. The first-order chi connectivity index (χ1) is 10.6. The van der Waals surface area contributed by atoms with Crippen LogP contribution in [0.25, 0.3) is 0 Å². The molecule has 0 aliphatic carbocycles. The Labute approximate surface area is 128 Å². The van der Waals surface area contributed by atoms with Crippen molar-refractivity contribution in [1.29, 1.82) is 0 Å². The zero-order valence-corrected chi connectivity index (χ0v) is 12.3. The van der Waals surface area contributed by atoms with Crippen LogP contribution in [-0.2, 0) is 9.53 Å². The lowest BCUT2D eigenvalue weighted by molar-refractivity contribution is -0.148. The summed E-state index contributed by atoms with van der Waals surface area (Å²) in [5.41, 5.74) is 1.30. The first-order valence-electron chi connectivity index (χ1n) is 7.09. The van der Waals surface area contributed by atoms with Crippen molar-refractivity contribution in [3.63, 3.8) is 0 Å². The second-order valence-corrected chi connectivity index (χ2v) is 4.97. The maximum atomic E-state index is 12.8. The van der Waals surface area contributed by atoms with E-state index >= 15 is 0 Å². The Hall–Kier alpha value is -2.49. The fourth-order valence-electron chi connectivity index (χ4n) is 2.04. The molecule has 0 N–H and O–H groups in total. The molecule has 0 amide bonds. The van der Waals surface area contributed by atoms with Crippen molar-refractivity contribution < 1.29 is 18.7 Å². The molecule has 0 bridgehead atoms. The van der Waals surface area contributed by atoms with E-state index in [4.69, 9.17) is 4.74 Å². The lowest BCUT2D eigenvalue weighted by Crippen LogP contribution is -2.11. The van der Waals surface area contributed by atoms with Gasteiger partial charge in [-0.25, -0.2) is 4.39 Å². The molecule has 0 spiro atoms. The molecule has 0 aliphatic rings. The molecule has 1 unspecified atom stereocenters. The maximum Gasteiger partial charge on any atom is 0.306 e. The summed E-state index contributed by atoms with van der Waals surface area (Å²) in [5, 5.41) is 0. The van der Waals surface area contributed by atoms with Crippen LogP contribution in [0.4, 0.5) is 4.39 Å². The molecule has 22 heavy (non-hydrogen) atoms. The molecule has 0 saturated heterocycles. The van der Waals surface area contributed by atoms with Crippen LogP contribution in [0.2, 0.25) is 0 Å². The van der Waals surface area contributed by atoms with Crippen LogP contribution in [-0.4, -0.2) is 11.8 Å². The van der Waals surface area contributed by atoms with Crippen molar-refractivity contribution in [2.75, 3.05) is 0 Å². The third-order valence-corrected chi connectivity index (χ3v) is 3.30. The number of carbonyl (C=O) groups excluding carboxylic acids is 2. The Morgan fingerprint density at radius 3 is 2.27 bits per heavy atom. The van der Waals surface area contributed by atoms with E-state index in [1.165, 1.54) is 24.3 Å². The van der Waals surface area contributed by atoms with Crippen LogP contribution < -0.4 is 0 Å². The van der Waals surface area contributed by atoms with Gasteiger partial charge in [0.25, 0.3) is 0 Å². The highest BCUT2D eigenvalue weighted by Gasteiger charge is 2.14. The van der Waals surface area contributed by atoms with Crippen molar-refractivity contribution in [2.24, 2.45) is 0 Å². The molecule has 0 fully saturated rings. The third kappa shape index (κ3) is 4.52. The van der Waals surface area contributed by atoms with Gasteiger partial charge in [-0.05, 0) is 36.8 Å². The Kier molecular flexibility index (Phi) is 5.42. The summed E-state index contributed by atoms with van der Waals surface area (Å²) < 4.78 is 18.1. The van der Waals surface area contributed by atoms with Crippen LogP contribution in [0.5, 0.6) is 0 Å². The smallest absolute Gasteiger partial charge is 0.306 e. The van der Waals surface area contributed by atoms with E-state index in [0.717, 1.165) is 5.56 Å². The van der Waals surface area contributed by atoms with Crippen molar-refractivity contribution in [2.45, 2.75) is 25.9 Å². The minimum atomic E-state index is -0.424. The van der Waals surface area contributed by atoms with E-state index in [1.54, 1.807) is 6.92 Å². The van der Waals surface area contributed by atoms with Crippen molar-refractivity contribution in [3.8, 4) is 0 Å². The zero-order valence-electron chi connectivity index (χ0n) is 12.3. The van der Waals surface area contributed by atoms with Gasteiger partial charge in [-0.2, -0.15) is 0 Å². The highest BCUT2D eigenvalue weighted by Crippen LogP contribution is 2.17. The van der Waals surface area contributed by atoms with E-state index < -0.39 is 11.8 Å². The fourth-order valence-corrected chi connectivity index (χ4v) is 2.04. The number of Topliss-reactive ketones (excluding diaryl/α,β-unsaturated/α-hetero) is 1. The van der Waals surface area contributed by atoms with Gasteiger partial charge in [0, 0.05) is 12.0 Å². The number of rotatable bonds is 6. The Bertz CT molecular complexity index is 635. The van der Waals surface area contributed by atoms with Gasteiger partial charge in [-0.15, -0.1) is 0 Å². The number of halogens is 1. The number of esters is 1. The predicted molar refractivity (Wildman–Crippen MR) is 80.9 cm³/mol. The van der Waals surface area contributed by atoms with Gasteiger partial charge in [0.15, 0.2) is 5.78 Å². The average Bonchev–Trinajstić information content (AvgIpc) is 2.54. The van der Waals surface area contributed by atoms with Gasteiger partial charge in [-0.1, -0.05) is 30.3 Å². The Balaban J connectivity index is 1.82. The summed E-state index contributed by atoms with van der Waals surface area (Å²) in [6.07, 6.45) is -0.297. The molecule has 0 aromatic heterocycles. The largest absolute Gasteiger partial charge is 0.458 e.